The highest BCUT2D eigenvalue weighted by atomic mass is 32.2. The fourth-order valence-electron chi connectivity index (χ4n) is 3.19. The van der Waals surface area contributed by atoms with Crippen LogP contribution in [0.4, 0.5) is 5.69 Å². The van der Waals surface area contributed by atoms with E-state index in [-0.39, 0.29) is 24.9 Å². The molecule has 0 saturated carbocycles. The molecular formula is C23H32N2O3S. The van der Waals surface area contributed by atoms with E-state index in [2.05, 4.69) is 24.4 Å². The van der Waals surface area contributed by atoms with Gasteiger partial charge in [-0.05, 0) is 68.0 Å². The highest BCUT2D eigenvalue weighted by Gasteiger charge is 2.18. The Morgan fingerprint density at radius 3 is 2.28 bits per heavy atom. The summed E-state index contributed by atoms with van der Waals surface area (Å²) in [6.45, 7) is 8.29. The topological polar surface area (TPSA) is 66.5 Å². The van der Waals surface area contributed by atoms with Gasteiger partial charge in [0.2, 0.25) is 15.9 Å². The van der Waals surface area contributed by atoms with Crippen LogP contribution in [0.1, 0.15) is 55.0 Å². The van der Waals surface area contributed by atoms with Gasteiger partial charge in [0.1, 0.15) is 0 Å². The molecule has 0 aromatic heterocycles. The largest absolute Gasteiger partial charge is 0.350 e. The molecule has 5 nitrogen and oxygen atoms in total. The van der Waals surface area contributed by atoms with Crippen LogP contribution >= 0.6 is 0 Å². The van der Waals surface area contributed by atoms with Crippen LogP contribution < -0.4 is 9.62 Å². The number of hydrogen-bond donors (Lipinski definition) is 1. The summed E-state index contributed by atoms with van der Waals surface area (Å²) in [5.74, 6) is -0.0781. The van der Waals surface area contributed by atoms with Crippen LogP contribution in [0.2, 0.25) is 0 Å². The van der Waals surface area contributed by atoms with Crippen molar-refractivity contribution in [3.63, 3.8) is 0 Å². The van der Waals surface area contributed by atoms with Gasteiger partial charge in [-0.25, -0.2) is 8.42 Å². The van der Waals surface area contributed by atoms with Crippen molar-refractivity contribution in [3.8, 4) is 0 Å². The molecule has 0 aliphatic rings. The SMILES string of the molecule is CCc1ccc(C(C)NC(=O)CCCN(c2ccc(C)c(C)c2)S(C)(=O)=O)cc1. The molecule has 0 bridgehead atoms. The molecule has 0 aliphatic carbocycles. The van der Waals surface area contributed by atoms with Gasteiger partial charge in [0, 0.05) is 13.0 Å². The van der Waals surface area contributed by atoms with Gasteiger partial charge < -0.3 is 5.32 Å². The number of carbonyl (C=O) groups is 1. The zero-order chi connectivity index (χ0) is 21.6. The first-order chi connectivity index (χ1) is 13.6. The summed E-state index contributed by atoms with van der Waals surface area (Å²) in [5, 5.41) is 3.00. The Kier molecular flexibility index (Phi) is 7.85. The average molecular weight is 417 g/mol. The summed E-state index contributed by atoms with van der Waals surface area (Å²) < 4.78 is 25.9. The Labute approximate surface area is 175 Å². The quantitative estimate of drug-likeness (QED) is 0.663. The molecule has 2 aromatic carbocycles. The van der Waals surface area contributed by atoms with E-state index in [9.17, 15) is 13.2 Å². The van der Waals surface area contributed by atoms with Crippen LogP contribution in [0.25, 0.3) is 0 Å². The van der Waals surface area contributed by atoms with Crippen molar-refractivity contribution in [2.45, 2.75) is 53.0 Å². The van der Waals surface area contributed by atoms with E-state index in [1.165, 1.54) is 16.1 Å². The molecule has 1 unspecified atom stereocenters. The molecule has 1 atom stereocenters. The lowest BCUT2D eigenvalue weighted by atomic mass is 10.0. The van der Waals surface area contributed by atoms with Crippen molar-refractivity contribution in [2.75, 3.05) is 17.1 Å². The normalized spacial score (nSPS) is 12.4. The zero-order valence-corrected chi connectivity index (χ0v) is 18.8. The van der Waals surface area contributed by atoms with Crippen molar-refractivity contribution in [1.29, 1.82) is 0 Å². The highest BCUT2D eigenvalue weighted by Crippen LogP contribution is 2.22. The van der Waals surface area contributed by atoms with Gasteiger partial charge in [0.25, 0.3) is 0 Å². The van der Waals surface area contributed by atoms with E-state index in [1.807, 2.05) is 51.1 Å². The number of benzene rings is 2. The van der Waals surface area contributed by atoms with Crippen molar-refractivity contribution in [2.24, 2.45) is 0 Å². The minimum Gasteiger partial charge on any atom is -0.350 e. The summed E-state index contributed by atoms with van der Waals surface area (Å²) in [7, 11) is -3.42. The predicted octanol–water partition coefficient (Wildman–Crippen LogP) is 4.29. The number of rotatable bonds is 9. The molecule has 29 heavy (non-hydrogen) atoms. The second kappa shape index (κ2) is 9.92. The number of carbonyl (C=O) groups excluding carboxylic acids is 1. The van der Waals surface area contributed by atoms with E-state index in [0.29, 0.717) is 12.1 Å². The maximum Gasteiger partial charge on any atom is 0.232 e. The fourth-order valence-corrected chi connectivity index (χ4v) is 4.15. The molecule has 0 radical (unpaired) electrons. The smallest absolute Gasteiger partial charge is 0.232 e. The Morgan fingerprint density at radius 2 is 1.72 bits per heavy atom. The van der Waals surface area contributed by atoms with Crippen molar-refractivity contribution < 1.29 is 13.2 Å². The van der Waals surface area contributed by atoms with Crippen LogP contribution in [-0.2, 0) is 21.2 Å². The van der Waals surface area contributed by atoms with Crippen LogP contribution in [0.15, 0.2) is 42.5 Å². The first-order valence-corrected chi connectivity index (χ1v) is 11.9. The van der Waals surface area contributed by atoms with Crippen LogP contribution in [0.5, 0.6) is 0 Å². The molecule has 0 heterocycles. The Morgan fingerprint density at radius 1 is 1.07 bits per heavy atom. The minimum absolute atomic E-state index is 0.0781. The molecule has 0 aliphatic heterocycles. The van der Waals surface area contributed by atoms with E-state index < -0.39 is 10.0 Å². The third-order valence-corrected chi connectivity index (χ3v) is 6.40. The van der Waals surface area contributed by atoms with Crippen molar-refractivity contribution in [1.82, 2.24) is 5.32 Å². The molecule has 6 heteroatoms. The van der Waals surface area contributed by atoms with Gasteiger partial charge in [-0.2, -0.15) is 0 Å². The number of amides is 1. The number of aryl methyl sites for hydroxylation is 3. The molecule has 0 spiro atoms. The second-order valence-corrected chi connectivity index (χ2v) is 9.50. The van der Waals surface area contributed by atoms with E-state index >= 15 is 0 Å². The summed E-state index contributed by atoms with van der Waals surface area (Å²) in [6.07, 6.45) is 2.91. The van der Waals surface area contributed by atoms with Crippen LogP contribution in [-0.4, -0.2) is 27.1 Å². The molecule has 2 aromatic rings. The van der Waals surface area contributed by atoms with Gasteiger partial charge in [0.15, 0.2) is 0 Å². The summed E-state index contributed by atoms with van der Waals surface area (Å²) in [4.78, 5) is 12.3. The number of nitrogens with one attached hydrogen (secondary N) is 1. The molecule has 2 rings (SSSR count). The van der Waals surface area contributed by atoms with Gasteiger partial charge in [0.05, 0.1) is 18.0 Å². The maximum atomic E-state index is 12.3. The predicted molar refractivity (Wildman–Crippen MR) is 120 cm³/mol. The van der Waals surface area contributed by atoms with E-state index in [0.717, 1.165) is 23.1 Å². The first kappa shape index (κ1) is 22.9. The fraction of sp³-hybridized carbons (Fsp3) is 0.435. The zero-order valence-electron chi connectivity index (χ0n) is 18.0. The standard InChI is InChI=1S/C23H32N2O3S/c1-6-20-10-12-21(13-11-20)19(4)24-23(26)8-7-15-25(29(5,27)28)22-14-9-17(2)18(3)16-22/h9-14,16,19H,6-8,15H2,1-5H3,(H,24,26). The third-order valence-electron chi connectivity index (χ3n) is 5.21. The Bertz CT molecular complexity index is 937. The monoisotopic (exact) mass is 416 g/mol. The lowest BCUT2D eigenvalue weighted by molar-refractivity contribution is -0.121. The van der Waals surface area contributed by atoms with Gasteiger partial charge in [-0.1, -0.05) is 37.3 Å². The van der Waals surface area contributed by atoms with Crippen molar-refractivity contribution >= 4 is 21.6 Å². The lowest BCUT2D eigenvalue weighted by Gasteiger charge is -2.23. The average Bonchev–Trinajstić information content (AvgIpc) is 2.66. The van der Waals surface area contributed by atoms with Crippen LogP contribution in [0, 0.1) is 13.8 Å². The van der Waals surface area contributed by atoms with Gasteiger partial charge in [-0.3, -0.25) is 9.10 Å². The molecule has 0 saturated heterocycles. The summed E-state index contributed by atoms with van der Waals surface area (Å²) >= 11 is 0. The third kappa shape index (κ3) is 6.60. The van der Waals surface area contributed by atoms with Gasteiger partial charge in [-0.15, -0.1) is 0 Å². The molecular weight excluding hydrogens is 384 g/mol. The Hall–Kier alpha value is -2.34. The minimum atomic E-state index is -3.42. The lowest BCUT2D eigenvalue weighted by Crippen LogP contribution is -2.32. The number of hydrogen-bond acceptors (Lipinski definition) is 3. The maximum absolute atomic E-state index is 12.3. The second-order valence-electron chi connectivity index (χ2n) is 7.59. The summed E-state index contributed by atoms with van der Waals surface area (Å²) in [6, 6.07) is 13.7. The van der Waals surface area contributed by atoms with E-state index in [1.54, 1.807) is 0 Å². The van der Waals surface area contributed by atoms with Gasteiger partial charge >= 0.3 is 0 Å². The number of anilines is 1. The number of sulfonamides is 1. The number of nitrogens with zero attached hydrogens (tertiary/aromatic N) is 1. The first-order valence-electron chi connectivity index (χ1n) is 10.0. The van der Waals surface area contributed by atoms with Crippen molar-refractivity contribution in [3.05, 3.63) is 64.7 Å². The molecule has 1 amide bonds. The summed E-state index contributed by atoms with van der Waals surface area (Å²) in [5.41, 5.74) is 5.11. The molecule has 0 fully saturated rings. The molecule has 158 valence electrons. The van der Waals surface area contributed by atoms with E-state index in [4.69, 9.17) is 0 Å². The Balaban J connectivity index is 1.94. The molecule has 1 N–H and O–H groups in total. The van der Waals surface area contributed by atoms with Crippen LogP contribution in [0.3, 0.4) is 0 Å². The highest BCUT2D eigenvalue weighted by molar-refractivity contribution is 7.92.